The SMILES string of the molecule is Cc1cc(Oc2cc(F)c(Br)cc2N)n2ncnc2n1. The predicted molar refractivity (Wildman–Crippen MR) is 74.1 cm³/mol. The van der Waals surface area contributed by atoms with Gasteiger partial charge in [0.25, 0.3) is 5.78 Å². The molecular formula is C12H9BrFN5O. The average molecular weight is 338 g/mol. The predicted octanol–water partition coefficient (Wildman–Crippen LogP) is 2.71. The molecule has 0 saturated heterocycles. The Hall–Kier alpha value is -2.22. The highest BCUT2D eigenvalue weighted by molar-refractivity contribution is 9.10. The molecule has 0 fully saturated rings. The molecule has 0 amide bonds. The Bertz CT molecular complexity index is 804. The van der Waals surface area contributed by atoms with E-state index < -0.39 is 5.82 Å². The molecule has 3 rings (SSSR count). The molecule has 0 radical (unpaired) electrons. The molecule has 2 aromatic heterocycles. The Balaban J connectivity index is 2.09. The van der Waals surface area contributed by atoms with E-state index in [-0.39, 0.29) is 10.2 Å². The molecule has 0 aliphatic heterocycles. The van der Waals surface area contributed by atoms with Crippen molar-refractivity contribution in [2.24, 2.45) is 0 Å². The van der Waals surface area contributed by atoms with Gasteiger partial charge in [0.15, 0.2) is 5.75 Å². The fourth-order valence-corrected chi connectivity index (χ4v) is 2.08. The smallest absolute Gasteiger partial charge is 0.255 e. The standard InChI is InChI=1S/C12H9BrFN5O/c1-6-2-11(19-12(18-6)16-5-17-19)20-10-4-8(14)7(13)3-9(10)15/h2-5H,15H2,1H3. The van der Waals surface area contributed by atoms with Crippen LogP contribution in [0.1, 0.15) is 5.69 Å². The molecule has 0 aliphatic rings. The van der Waals surface area contributed by atoms with E-state index in [1.807, 2.05) is 0 Å². The van der Waals surface area contributed by atoms with Crippen LogP contribution in [0.5, 0.6) is 11.6 Å². The monoisotopic (exact) mass is 337 g/mol. The van der Waals surface area contributed by atoms with Crippen molar-refractivity contribution in [1.82, 2.24) is 19.6 Å². The molecule has 102 valence electrons. The molecule has 0 unspecified atom stereocenters. The number of ether oxygens (including phenoxy) is 1. The zero-order valence-electron chi connectivity index (χ0n) is 10.3. The first-order valence-corrected chi connectivity index (χ1v) is 6.43. The van der Waals surface area contributed by atoms with E-state index in [0.717, 1.165) is 0 Å². The highest BCUT2D eigenvalue weighted by atomic mass is 79.9. The molecule has 2 heterocycles. The third kappa shape index (κ3) is 2.18. The number of anilines is 1. The van der Waals surface area contributed by atoms with Crippen LogP contribution in [-0.2, 0) is 0 Å². The molecule has 2 N–H and O–H groups in total. The maximum Gasteiger partial charge on any atom is 0.255 e. The molecule has 3 aromatic rings. The minimum absolute atomic E-state index is 0.202. The van der Waals surface area contributed by atoms with E-state index in [4.69, 9.17) is 10.5 Å². The number of fused-ring (bicyclic) bond motifs is 1. The molecule has 0 saturated carbocycles. The number of rotatable bonds is 2. The summed E-state index contributed by atoms with van der Waals surface area (Å²) in [6.45, 7) is 1.80. The number of aryl methyl sites for hydroxylation is 1. The van der Waals surface area contributed by atoms with E-state index >= 15 is 0 Å². The van der Waals surface area contributed by atoms with Crippen LogP contribution in [0, 0.1) is 12.7 Å². The molecule has 0 aliphatic carbocycles. The molecular weight excluding hydrogens is 329 g/mol. The summed E-state index contributed by atoms with van der Waals surface area (Å²) in [6.07, 6.45) is 1.36. The number of nitrogens with two attached hydrogens (primary N) is 1. The Kier molecular flexibility index (Phi) is 3.01. The highest BCUT2D eigenvalue weighted by Gasteiger charge is 2.12. The number of halogens is 2. The number of hydrogen-bond acceptors (Lipinski definition) is 5. The van der Waals surface area contributed by atoms with Gasteiger partial charge in [-0.3, -0.25) is 0 Å². The molecule has 8 heteroatoms. The first kappa shape index (κ1) is 12.8. The van der Waals surface area contributed by atoms with E-state index in [0.29, 0.717) is 23.0 Å². The van der Waals surface area contributed by atoms with Crippen molar-refractivity contribution >= 4 is 27.4 Å². The van der Waals surface area contributed by atoms with Gasteiger partial charge < -0.3 is 10.5 Å². The van der Waals surface area contributed by atoms with Crippen molar-refractivity contribution in [3.8, 4) is 11.6 Å². The maximum absolute atomic E-state index is 13.6. The summed E-state index contributed by atoms with van der Waals surface area (Å²) in [7, 11) is 0. The second kappa shape index (κ2) is 4.71. The lowest BCUT2D eigenvalue weighted by Crippen LogP contribution is -2.01. The van der Waals surface area contributed by atoms with Gasteiger partial charge in [-0.25, -0.2) is 9.37 Å². The first-order chi connectivity index (χ1) is 9.54. The van der Waals surface area contributed by atoms with Gasteiger partial charge in [0, 0.05) is 17.8 Å². The molecule has 1 aromatic carbocycles. The third-order valence-corrected chi connectivity index (χ3v) is 3.22. The van der Waals surface area contributed by atoms with Crippen molar-refractivity contribution in [3.05, 3.63) is 40.5 Å². The fraction of sp³-hybridized carbons (Fsp3) is 0.0833. The summed E-state index contributed by atoms with van der Waals surface area (Å²) in [5, 5.41) is 4.00. The minimum atomic E-state index is -0.463. The second-order valence-corrected chi connectivity index (χ2v) is 4.97. The highest BCUT2D eigenvalue weighted by Crippen LogP contribution is 2.32. The van der Waals surface area contributed by atoms with Crippen LogP contribution in [0.25, 0.3) is 5.78 Å². The van der Waals surface area contributed by atoms with Gasteiger partial charge >= 0.3 is 0 Å². The number of aromatic nitrogens is 4. The van der Waals surface area contributed by atoms with Crippen molar-refractivity contribution in [1.29, 1.82) is 0 Å². The second-order valence-electron chi connectivity index (χ2n) is 4.11. The summed E-state index contributed by atoms with van der Waals surface area (Å²) < 4.78 is 20.9. The minimum Gasteiger partial charge on any atom is -0.437 e. The summed E-state index contributed by atoms with van der Waals surface area (Å²) >= 11 is 3.06. The number of nitrogen functional groups attached to an aromatic ring is 1. The largest absolute Gasteiger partial charge is 0.437 e. The number of nitrogens with zero attached hydrogens (tertiary/aromatic N) is 4. The van der Waals surface area contributed by atoms with Crippen LogP contribution in [0.2, 0.25) is 0 Å². The third-order valence-electron chi connectivity index (χ3n) is 2.61. The van der Waals surface area contributed by atoms with Crippen LogP contribution in [0.3, 0.4) is 0 Å². The van der Waals surface area contributed by atoms with Crippen LogP contribution in [-0.4, -0.2) is 19.6 Å². The summed E-state index contributed by atoms with van der Waals surface area (Å²) in [5.41, 5.74) is 6.82. The summed E-state index contributed by atoms with van der Waals surface area (Å²) in [4.78, 5) is 8.17. The molecule has 0 spiro atoms. The molecule has 20 heavy (non-hydrogen) atoms. The summed E-state index contributed by atoms with van der Waals surface area (Å²) in [5.74, 6) is 0.498. The van der Waals surface area contributed by atoms with E-state index in [2.05, 4.69) is 31.0 Å². The van der Waals surface area contributed by atoms with Crippen LogP contribution in [0.15, 0.2) is 29.0 Å². The van der Waals surface area contributed by atoms with Gasteiger partial charge in [0.05, 0.1) is 10.2 Å². The Labute approximate surface area is 121 Å². The lowest BCUT2D eigenvalue weighted by atomic mass is 10.3. The molecule has 0 atom stereocenters. The van der Waals surface area contributed by atoms with Crippen molar-refractivity contribution in [2.75, 3.05) is 5.73 Å². The van der Waals surface area contributed by atoms with Gasteiger partial charge in [-0.1, -0.05) is 0 Å². The van der Waals surface area contributed by atoms with Crippen molar-refractivity contribution < 1.29 is 9.13 Å². The average Bonchev–Trinajstić information content (AvgIpc) is 2.84. The Morgan fingerprint density at radius 3 is 2.95 bits per heavy atom. The fourth-order valence-electron chi connectivity index (χ4n) is 1.71. The van der Waals surface area contributed by atoms with Gasteiger partial charge in [-0.05, 0) is 28.9 Å². The lowest BCUT2D eigenvalue weighted by Gasteiger charge is -2.10. The zero-order valence-corrected chi connectivity index (χ0v) is 11.9. The first-order valence-electron chi connectivity index (χ1n) is 5.64. The zero-order chi connectivity index (χ0) is 14.3. The van der Waals surface area contributed by atoms with E-state index in [1.54, 1.807) is 13.0 Å². The Morgan fingerprint density at radius 2 is 2.15 bits per heavy atom. The normalized spacial score (nSPS) is 10.9. The number of hydrogen-bond donors (Lipinski definition) is 1. The summed E-state index contributed by atoms with van der Waals surface area (Å²) in [6, 6.07) is 4.32. The van der Waals surface area contributed by atoms with E-state index in [9.17, 15) is 4.39 Å². The lowest BCUT2D eigenvalue weighted by molar-refractivity contribution is 0.443. The topological polar surface area (TPSA) is 78.3 Å². The van der Waals surface area contributed by atoms with Gasteiger partial charge in [-0.2, -0.15) is 14.6 Å². The van der Waals surface area contributed by atoms with Crippen LogP contribution in [0.4, 0.5) is 10.1 Å². The quantitative estimate of drug-likeness (QED) is 0.727. The van der Waals surface area contributed by atoms with Crippen molar-refractivity contribution in [2.45, 2.75) is 6.92 Å². The number of benzene rings is 1. The van der Waals surface area contributed by atoms with Gasteiger partial charge in [0.1, 0.15) is 12.1 Å². The molecule has 0 bridgehead atoms. The molecule has 6 nitrogen and oxygen atoms in total. The van der Waals surface area contributed by atoms with Crippen molar-refractivity contribution in [3.63, 3.8) is 0 Å². The van der Waals surface area contributed by atoms with Gasteiger partial charge in [0.2, 0.25) is 5.88 Å². The Morgan fingerprint density at radius 1 is 1.35 bits per heavy atom. The van der Waals surface area contributed by atoms with Crippen LogP contribution >= 0.6 is 15.9 Å². The maximum atomic E-state index is 13.6. The van der Waals surface area contributed by atoms with Gasteiger partial charge in [-0.15, -0.1) is 0 Å². The van der Waals surface area contributed by atoms with E-state index in [1.165, 1.54) is 23.0 Å². The van der Waals surface area contributed by atoms with Crippen LogP contribution < -0.4 is 10.5 Å².